The predicted octanol–water partition coefficient (Wildman–Crippen LogP) is 3.06. The van der Waals surface area contributed by atoms with Gasteiger partial charge >= 0.3 is 0 Å². The third kappa shape index (κ3) is 2.97. The fourth-order valence-electron chi connectivity index (χ4n) is 1.59. The van der Waals surface area contributed by atoms with E-state index < -0.39 is 0 Å². The average molecular weight is 292 g/mol. The van der Waals surface area contributed by atoms with E-state index in [1.807, 2.05) is 37.4 Å². The van der Waals surface area contributed by atoms with Crippen molar-refractivity contribution in [1.29, 1.82) is 0 Å². The predicted molar refractivity (Wildman–Crippen MR) is 74.9 cm³/mol. The molecule has 0 aliphatic rings. The Morgan fingerprint density at radius 3 is 2.65 bits per heavy atom. The van der Waals surface area contributed by atoms with Gasteiger partial charge in [0.25, 0.3) is 0 Å². The van der Waals surface area contributed by atoms with E-state index in [0.717, 1.165) is 16.8 Å². The van der Waals surface area contributed by atoms with Crippen LogP contribution in [-0.4, -0.2) is 12.0 Å². The molecular formula is C13H14BrN3. The maximum absolute atomic E-state index is 5.61. The Morgan fingerprint density at radius 2 is 2.00 bits per heavy atom. The minimum Gasteiger partial charge on any atom is -0.397 e. The zero-order valence-electron chi connectivity index (χ0n) is 9.60. The first-order valence-corrected chi connectivity index (χ1v) is 6.12. The molecule has 1 aromatic heterocycles. The third-order valence-corrected chi connectivity index (χ3v) is 3.30. The lowest BCUT2D eigenvalue weighted by Gasteiger charge is -2.18. The Morgan fingerprint density at radius 1 is 1.24 bits per heavy atom. The van der Waals surface area contributed by atoms with Crippen LogP contribution in [0.5, 0.6) is 0 Å². The monoisotopic (exact) mass is 291 g/mol. The lowest BCUT2D eigenvalue weighted by Crippen LogP contribution is -2.17. The number of halogens is 1. The Balaban J connectivity index is 2.14. The van der Waals surface area contributed by atoms with E-state index in [9.17, 15) is 0 Å². The first-order valence-electron chi connectivity index (χ1n) is 5.33. The van der Waals surface area contributed by atoms with Crippen molar-refractivity contribution >= 4 is 27.4 Å². The molecule has 0 aliphatic carbocycles. The van der Waals surface area contributed by atoms with Crippen molar-refractivity contribution in [3.63, 3.8) is 0 Å². The highest BCUT2D eigenvalue weighted by Gasteiger charge is 2.05. The molecule has 0 aliphatic heterocycles. The van der Waals surface area contributed by atoms with Crippen molar-refractivity contribution in [3.8, 4) is 0 Å². The third-order valence-electron chi connectivity index (χ3n) is 2.53. The fraction of sp³-hybridized carbons (Fsp3) is 0.154. The average Bonchev–Trinajstić information content (AvgIpc) is 2.33. The summed E-state index contributed by atoms with van der Waals surface area (Å²) in [5, 5.41) is 0. The van der Waals surface area contributed by atoms with Crippen LogP contribution in [0, 0.1) is 0 Å². The number of hydrogen-bond acceptors (Lipinski definition) is 3. The van der Waals surface area contributed by atoms with Gasteiger partial charge in [0.2, 0.25) is 0 Å². The Kier molecular flexibility index (Phi) is 3.64. The molecule has 0 radical (unpaired) electrons. The van der Waals surface area contributed by atoms with Gasteiger partial charge in [0.05, 0.1) is 11.9 Å². The Bertz CT molecular complexity index is 496. The molecule has 0 saturated carbocycles. The van der Waals surface area contributed by atoms with Gasteiger partial charge in [0, 0.05) is 18.1 Å². The fourth-order valence-corrected chi connectivity index (χ4v) is 2.00. The molecule has 2 N–H and O–H groups in total. The summed E-state index contributed by atoms with van der Waals surface area (Å²) in [5.41, 5.74) is 7.53. The molecule has 2 rings (SSSR count). The second-order valence-electron chi connectivity index (χ2n) is 3.90. The molecule has 3 nitrogen and oxygen atoms in total. The summed E-state index contributed by atoms with van der Waals surface area (Å²) >= 11 is 3.54. The number of rotatable bonds is 3. The lowest BCUT2D eigenvalue weighted by molar-refractivity contribution is 0.894. The zero-order chi connectivity index (χ0) is 12.3. The molecule has 0 bridgehead atoms. The van der Waals surface area contributed by atoms with Gasteiger partial charge < -0.3 is 10.6 Å². The standard InChI is InChI=1S/C13H14BrN3/c1-17(13-7-6-11(15)8-16-13)9-10-4-2-3-5-12(10)14/h2-8H,9,15H2,1H3. The Hall–Kier alpha value is -1.55. The summed E-state index contributed by atoms with van der Waals surface area (Å²) < 4.78 is 1.11. The van der Waals surface area contributed by atoms with E-state index in [2.05, 4.69) is 31.9 Å². The van der Waals surface area contributed by atoms with E-state index in [0.29, 0.717) is 5.69 Å². The maximum atomic E-state index is 5.61. The number of benzene rings is 1. The summed E-state index contributed by atoms with van der Waals surface area (Å²) in [6, 6.07) is 12.0. The van der Waals surface area contributed by atoms with Crippen LogP contribution in [0.1, 0.15) is 5.56 Å². The molecule has 88 valence electrons. The summed E-state index contributed by atoms with van der Waals surface area (Å²) in [7, 11) is 2.01. The van der Waals surface area contributed by atoms with Gasteiger partial charge in [-0.3, -0.25) is 0 Å². The molecule has 0 unspecified atom stereocenters. The molecule has 0 spiro atoms. The number of nitrogen functional groups attached to an aromatic ring is 1. The number of anilines is 2. The molecule has 2 aromatic rings. The van der Waals surface area contributed by atoms with Crippen molar-refractivity contribution < 1.29 is 0 Å². The second-order valence-corrected chi connectivity index (χ2v) is 4.75. The second kappa shape index (κ2) is 5.19. The highest BCUT2D eigenvalue weighted by molar-refractivity contribution is 9.10. The van der Waals surface area contributed by atoms with E-state index in [1.165, 1.54) is 5.56 Å². The van der Waals surface area contributed by atoms with Crippen molar-refractivity contribution in [3.05, 3.63) is 52.6 Å². The van der Waals surface area contributed by atoms with Gasteiger partial charge in [-0.25, -0.2) is 4.98 Å². The molecular weight excluding hydrogens is 278 g/mol. The van der Waals surface area contributed by atoms with Crippen molar-refractivity contribution in [1.82, 2.24) is 4.98 Å². The number of aromatic nitrogens is 1. The molecule has 0 saturated heterocycles. The van der Waals surface area contributed by atoms with E-state index in [1.54, 1.807) is 6.20 Å². The van der Waals surface area contributed by atoms with Crippen LogP contribution in [-0.2, 0) is 6.54 Å². The van der Waals surface area contributed by atoms with E-state index in [-0.39, 0.29) is 0 Å². The highest BCUT2D eigenvalue weighted by atomic mass is 79.9. The van der Waals surface area contributed by atoms with Crippen LogP contribution in [0.15, 0.2) is 47.1 Å². The van der Waals surface area contributed by atoms with Crippen molar-refractivity contribution in [2.45, 2.75) is 6.54 Å². The number of nitrogens with zero attached hydrogens (tertiary/aromatic N) is 2. The van der Waals surface area contributed by atoms with Crippen molar-refractivity contribution in [2.24, 2.45) is 0 Å². The molecule has 0 atom stereocenters. The molecule has 4 heteroatoms. The summed E-state index contributed by atoms with van der Waals surface area (Å²) in [6.07, 6.45) is 1.67. The van der Waals surface area contributed by atoms with Gasteiger partial charge in [0.15, 0.2) is 0 Å². The summed E-state index contributed by atoms with van der Waals surface area (Å²) in [6.45, 7) is 0.804. The zero-order valence-corrected chi connectivity index (χ0v) is 11.2. The van der Waals surface area contributed by atoms with Gasteiger partial charge in [-0.1, -0.05) is 34.1 Å². The minimum absolute atomic E-state index is 0.683. The van der Waals surface area contributed by atoms with Crippen LogP contribution in [0.25, 0.3) is 0 Å². The van der Waals surface area contributed by atoms with E-state index in [4.69, 9.17) is 5.73 Å². The molecule has 0 amide bonds. The van der Waals surface area contributed by atoms with Gasteiger partial charge in [-0.05, 0) is 23.8 Å². The van der Waals surface area contributed by atoms with Crippen LogP contribution in [0.4, 0.5) is 11.5 Å². The number of hydrogen-bond donors (Lipinski definition) is 1. The quantitative estimate of drug-likeness (QED) is 0.945. The van der Waals surface area contributed by atoms with Crippen LogP contribution in [0.2, 0.25) is 0 Å². The number of pyridine rings is 1. The smallest absolute Gasteiger partial charge is 0.128 e. The normalized spacial score (nSPS) is 10.2. The first-order chi connectivity index (χ1) is 8.16. The van der Waals surface area contributed by atoms with Crippen molar-refractivity contribution in [2.75, 3.05) is 17.7 Å². The summed E-state index contributed by atoms with van der Waals surface area (Å²) in [5.74, 6) is 0.912. The summed E-state index contributed by atoms with van der Waals surface area (Å²) in [4.78, 5) is 6.37. The lowest BCUT2D eigenvalue weighted by atomic mass is 10.2. The topological polar surface area (TPSA) is 42.1 Å². The largest absolute Gasteiger partial charge is 0.397 e. The SMILES string of the molecule is CN(Cc1ccccc1Br)c1ccc(N)cn1. The van der Waals surface area contributed by atoms with Crippen LogP contribution >= 0.6 is 15.9 Å². The molecule has 1 aromatic carbocycles. The van der Waals surface area contributed by atoms with Crippen LogP contribution in [0.3, 0.4) is 0 Å². The van der Waals surface area contributed by atoms with Crippen LogP contribution < -0.4 is 10.6 Å². The minimum atomic E-state index is 0.683. The number of nitrogens with two attached hydrogens (primary N) is 1. The molecule has 0 fully saturated rings. The Labute approximate surface area is 109 Å². The first kappa shape index (κ1) is 11.9. The van der Waals surface area contributed by atoms with E-state index >= 15 is 0 Å². The molecule has 1 heterocycles. The maximum Gasteiger partial charge on any atom is 0.128 e. The van der Waals surface area contributed by atoms with Gasteiger partial charge in [-0.2, -0.15) is 0 Å². The molecule has 17 heavy (non-hydrogen) atoms. The highest BCUT2D eigenvalue weighted by Crippen LogP contribution is 2.20. The van der Waals surface area contributed by atoms with Gasteiger partial charge in [0.1, 0.15) is 5.82 Å². The van der Waals surface area contributed by atoms with Gasteiger partial charge in [-0.15, -0.1) is 0 Å².